The summed E-state index contributed by atoms with van der Waals surface area (Å²) in [5, 5.41) is 10.9. The second kappa shape index (κ2) is 5.14. The summed E-state index contributed by atoms with van der Waals surface area (Å²) in [5.41, 5.74) is 4.74. The van der Waals surface area contributed by atoms with Crippen molar-refractivity contribution >= 4 is 15.5 Å². The number of ether oxygens (including phenoxy) is 1. The van der Waals surface area contributed by atoms with Gasteiger partial charge in [-0.1, -0.05) is 0 Å². The molecule has 0 aliphatic rings. The van der Waals surface area contributed by atoms with Gasteiger partial charge in [0, 0.05) is 23.9 Å². The topological polar surface area (TPSA) is 113 Å². The lowest BCUT2D eigenvalue weighted by atomic mass is 10.1. The van der Waals surface area contributed by atoms with E-state index in [0.717, 1.165) is 18.4 Å². The van der Waals surface area contributed by atoms with E-state index < -0.39 is 20.3 Å². The summed E-state index contributed by atoms with van der Waals surface area (Å²) < 4.78 is 28.1. The molecule has 1 rings (SSSR count). The van der Waals surface area contributed by atoms with Crippen LogP contribution in [0.4, 0.5) is 5.69 Å². The molecule has 0 bridgehead atoms. The van der Waals surface area contributed by atoms with Gasteiger partial charge in [0.15, 0.2) is 15.6 Å². The number of benzene rings is 1. The summed E-state index contributed by atoms with van der Waals surface area (Å²) in [6.45, 7) is 3.42. The molecule has 0 aliphatic heterocycles. The molecule has 19 heavy (non-hydrogen) atoms. The number of nitrogens with zero attached hydrogens (tertiary/aromatic N) is 1. The van der Waals surface area contributed by atoms with Crippen molar-refractivity contribution in [2.45, 2.75) is 24.3 Å². The Labute approximate surface area is 111 Å². The van der Waals surface area contributed by atoms with E-state index in [4.69, 9.17) is 10.5 Å². The van der Waals surface area contributed by atoms with Crippen molar-refractivity contribution in [3.63, 3.8) is 0 Å². The maximum atomic E-state index is 11.4. The fourth-order valence-corrected chi connectivity index (χ4v) is 1.89. The highest BCUT2D eigenvalue weighted by atomic mass is 32.2. The van der Waals surface area contributed by atoms with Gasteiger partial charge in [-0.15, -0.1) is 0 Å². The van der Waals surface area contributed by atoms with Crippen LogP contribution in [0.25, 0.3) is 0 Å². The lowest BCUT2D eigenvalue weighted by Gasteiger charge is -2.19. The second-order valence-corrected chi connectivity index (χ2v) is 6.95. The second-order valence-electron chi connectivity index (χ2n) is 4.94. The molecule has 1 aromatic rings. The van der Waals surface area contributed by atoms with E-state index in [0.29, 0.717) is 0 Å². The Morgan fingerprint density at radius 1 is 1.42 bits per heavy atom. The fraction of sp³-hybridized carbons (Fsp3) is 0.455. The molecule has 7 nitrogen and oxygen atoms in total. The average Bonchev–Trinajstić information content (AvgIpc) is 2.23. The lowest BCUT2D eigenvalue weighted by Crippen LogP contribution is -2.38. The summed E-state index contributed by atoms with van der Waals surface area (Å²) in [4.78, 5) is 10.2. The van der Waals surface area contributed by atoms with Crippen LogP contribution in [0.1, 0.15) is 13.8 Å². The molecule has 2 N–H and O–H groups in total. The van der Waals surface area contributed by atoms with Crippen LogP contribution in [0.3, 0.4) is 0 Å². The van der Waals surface area contributed by atoms with Crippen LogP contribution in [0.5, 0.6) is 5.75 Å². The van der Waals surface area contributed by atoms with E-state index in [2.05, 4.69) is 0 Å². The van der Waals surface area contributed by atoms with Crippen molar-refractivity contribution in [1.82, 2.24) is 0 Å². The lowest BCUT2D eigenvalue weighted by molar-refractivity contribution is -0.386. The monoisotopic (exact) mass is 288 g/mol. The molecule has 0 aromatic heterocycles. The van der Waals surface area contributed by atoms with Crippen LogP contribution in [0, 0.1) is 10.1 Å². The first-order valence-electron chi connectivity index (χ1n) is 5.41. The van der Waals surface area contributed by atoms with Crippen LogP contribution in [0.2, 0.25) is 0 Å². The smallest absolute Gasteiger partial charge is 0.311 e. The molecule has 0 atom stereocenters. The zero-order valence-electron chi connectivity index (χ0n) is 10.9. The third-order valence-corrected chi connectivity index (χ3v) is 3.27. The summed E-state index contributed by atoms with van der Waals surface area (Å²) >= 11 is 0. The fourth-order valence-electron chi connectivity index (χ4n) is 1.26. The normalized spacial score (nSPS) is 12.2. The van der Waals surface area contributed by atoms with E-state index in [-0.39, 0.29) is 22.9 Å². The molecule has 8 heteroatoms. The van der Waals surface area contributed by atoms with E-state index in [1.54, 1.807) is 13.8 Å². The van der Waals surface area contributed by atoms with Crippen molar-refractivity contribution in [3.05, 3.63) is 28.3 Å². The Morgan fingerprint density at radius 3 is 2.42 bits per heavy atom. The van der Waals surface area contributed by atoms with Crippen molar-refractivity contribution in [2.75, 3.05) is 12.9 Å². The molecule has 0 heterocycles. The average molecular weight is 288 g/mol. The highest BCUT2D eigenvalue weighted by molar-refractivity contribution is 7.90. The van der Waals surface area contributed by atoms with Crippen molar-refractivity contribution < 1.29 is 18.1 Å². The summed E-state index contributed by atoms with van der Waals surface area (Å²) in [6.07, 6.45) is 1.02. The summed E-state index contributed by atoms with van der Waals surface area (Å²) in [6, 6.07) is 3.42. The Hall–Kier alpha value is -1.67. The molecule has 0 amide bonds. The molecule has 0 saturated carbocycles. The largest absolute Gasteiger partial charge is 0.485 e. The number of nitro groups is 1. The van der Waals surface area contributed by atoms with Gasteiger partial charge < -0.3 is 10.5 Å². The van der Waals surface area contributed by atoms with E-state index in [1.807, 2.05) is 0 Å². The maximum absolute atomic E-state index is 11.4. The minimum atomic E-state index is -3.46. The third kappa shape index (κ3) is 4.49. The van der Waals surface area contributed by atoms with Gasteiger partial charge >= 0.3 is 5.69 Å². The van der Waals surface area contributed by atoms with Gasteiger partial charge in [0.05, 0.1) is 9.82 Å². The van der Waals surface area contributed by atoms with Gasteiger partial charge in [-0.3, -0.25) is 10.1 Å². The number of sulfone groups is 1. The SMILES string of the molecule is CC(C)(N)COc1cc(S(C)(=O)=O)ccc1[N+](=O)[O-]. The third-order valence-electron chi connectivity index (χ3n) is 2.16. The van der Waals surface area contributed by atoms with E-state index in [9.17, 15) is 18.5 Å². The van der Waals surface area contributed by atoms with Gasteiger partial charge in [-0.25, -0.2) is 8.42 Å². The zero-order valence-corrected chi connectivity index (χ0v) is 11.7. The van der Waals surface area contributed by atoms with Crippen LogP contribution < -0.4 is 10.5 Å². The molecule has 0 spiro atoms. The van der Waals surface area contributed by atoms with Crippen molar-refractivity contribution in [3.8, 4) is 5.75 Å². The van der Waals surface area contributed by atoms with Gasteiger partial charge in [-0.05, 0) is 19.9 Å². The molecular weight excluding hydrogens is 272 g/mol. The first-order valence-corrected chi connectivity index (χ1v) is 7.30. The quantitative estimate of drug-likeness (QED) is 0.641. The van der Waals surface area contributed by atoms with Crippen LogP contribution in [-0.4, -0.2) is 31.7 Å². The predicted molar refractivity (Wildman–Crippen MR) is 70.0 cm³/mol. The number of nitro benzene ring substituents is 1. The summed E-state index contributed by atoms with van der Waals surface area (Å²) in [7, 11) is -3.46. The molecule has 0 radical (unpaired) electrons. The number of hydrogen-bond donors (Lipinski definition) is 1. The molecule has 0 fully saturated rings. The number of rotatable bonds is 5. The first-order chi connectivity index (χ1) is 8.50. The molecular formula is C11H16N2O5S. The first kappa shape index (κ1) is 15.4. The maximum Gasteiger partial charge on any atom is 0.311 e. The molecule has 1 aromatic carbocycles. The van der Waals surface area contributed by atoms with Gasteiger partial charge in [-0.2, -0.15) is 0 Å². The number of hydrogen-bond acceptors (Lipinski definition) is 6. The predicted octanol–water partition coefficient (Wildman–Crippen LogP) is 1.11. The molecule has 0 saturated heterocycles. The van der Waals surface area contributed by atoms with Crippen LogP contribution in [-0.2, 0) is 9.84 Å². The van der Waals surface area contributed by atoms with Gasteiger partial charge in [0.1, 0.15) is 6.61 Å². The van der Waals surface area contributed by atoms with Gasteiger partial charge in [0.25, 0.3) is 0 Å². The minimum absolute atomic E-state index is 0.0288. The molecule has 106 valence electrons. The molecule has 0 aliphatic carbocycles. The highest BCUT2D eigenvalue weighted by Crippen LogP contribution is 2.30. The van der Waals surface area contributed by atoms with Crippen molar-refractivity contribution in [1.29, 1.82) is 0 Å². The zero-order chi connectivity index (χ0) is 14.8. The van der Waals surface area contributed by atoms with Crippen LogP contribution >= 0.6 is 0 Å². The molecule has 0 unspecified atom stereocenters. The van der Waals surface area contributed by atoms with Crippen LogP contribution in [0.15, 0.2) is 23.1 Å². The standard InChI is InChI=1S/C11H16N2O5S/c1-11(2,12)7-18-10-6-8(19(3,16)17)4-5-9(10)13(14)15/h4-6H,7,12H2,1-3H3. The van der Waals surface area contributed by atoms with Crippen molar-refractivity contribution in [2.24, 2.45) is 5.73 Å². The Bertz CT molecular complexity index is 590. The Kier molecular flexibility index (Phi) is 4.16. The minimum Gasteiger partial charge on any atom is -0.485 e. The summed E-state index contributed by atoms with van der Waals surface area (Å²) in [5.74, 6) is -0.105. The highest BCUT2D eigenvalue weighted by Gasteiger charge is 2.21. The Morgan fingerprint density at radius 2 is 2.00 bits per heavy atom. The Balaban J connectivity index is 3.20. The van der Waals surface area contributed by atoms with Gasteiger partial charge in [0.2, 0.25) is 0 Å². The van der Waals surface area contributed by atoms with E-state index >= 15 is 0 Å². The van der Waals surface area contributed by atoms with E-state index in [1.165, 1.54) is 6.07 Å². The number of nitrogens with two attached hydrogens (primary N) is 1.